The van der Waals surface area contributed by atoms with Crippen molar-refractivity contribution < 1.29 is 51.6 Å². The highest BCUT2D eigenvalue weighted by Gasteiger charge is 2.53. The van der Waals surface area contributed by atoms with E-state index in [4.69, 9.17) is 9.26 Å². The number of aromatic nitrogens is 1. The summed E-state index contributed by atoms with van der Waals surface area (Å²) in [6.45, 7) is 0.878. The standard InChI is InChI=1S/C12H18NO12P3/c1-6-7(2-3-9(14)13-6)12-11(16)10(15)8(23-12)4-22-27(19)5-26(17,18)24-28(20,21)25-27/h2-3,8,10-12,15-16H,4-5H2,1H3,(H,13,14)(H,17,18)(H,20,21)/t8-,10?,11+,12+,27?/m1/s1. The van der Waals surface area contributed by atoms with E-state index in [0.717, 1.165) is 0 Å². The fraction of sp³-hybridized carbons (Fsp3) is 0.583. The molecule has 4 unspecified atom stereocenters. The largest absolute Gasteiger partial charge is 0.486 e. The summed E-state index contributed by atoms with van der Waals surface area (Å²) < 4.78 is 54.2. The smallest absolute Gasteiger partial charge is 0.387 e. The summed E-state index contributed by atoms with van der Waals surface area (Å²) in [4.78, 5) is 32.5. The van der Waals surface area contributed by atoms with Crippen LogP contribution in [0.5, 0.6) is 0 Å². The van der Waals surface area contributed by atoms with E-state index in [0.29, 0.717) is 11.3 Å². The summed E-state index contributed by atoms with van der Waals surface area (Å²) in [6.07, 6.45) is -5.24. The zero-order chi connectivity index (χ0) is 20.9. The van der Waals surface area contributed by atoms with Crippen LogP contribution in [0.4, 0.5) is 0 Å². The molecule has 0 amide bonds. The van der Waals surface area contributed by atoms with Gasteiger partial charge in [-0.15, -0.1) is 0 Å². The molecule has 7 atom stereocenters. The van der Waals surface area contributed by atoms with E-state index >= 15 is 0 Å². The van der Waals surface area contributed by atoms with Gasteiger partial charge >= 0.3 is 23.0 Å². The number of hydrogen-bond acceptors (Lipinski definition) is 10. The maximum absolute atomic E-state index is 12.4. The van der Waals surface area contributed by atoms with Crippen LogP contribution < -0.4 is 5.56 Å². The number of H-pyrrole nitrogens is 1. The number of rotatable bonds is 4. The van der Waals surface area contributed by atoms with Crippen molar-refractivity contribution in [1.29, 1.82) is 0 Å². The highest BCUT2D eigenvalue weighted by molar-refractivity contribution is 7.81. The fourth-order valence-electron chi connectivity index (χ4n) is 2.90. The van der Waals surface area contributed by atoms with E-state index in [1.54, 1.807) is 6.92 Å². The Hall–Kier alpha value is -0.680. The molecule has 16 heteroatoms. The van der Waals surface area contributed by atoms with E-state index in [1.807, 2.05) is 0 Å². The molecule has 3 rings (SSSR count). The highest BCUT2D eigenvalue weighted by atomic mass is 31.3. The molecule has 158 valence electrons. The zero-order valence-corrected chi connectivity index (χ0v) is 17.0. The van der Waals surface area contributed by atoms with Gasteiger partial charge in [0.05, 0.1) is 6.61 Å². The van der Waals surface area contributed by atoms with Crippen molar-refractivity contribution in [2.45, 2.75) is 31.3 Å². The summed E-state index contributed by atoms with van der Waals surface area (Å²) in [5, 5.41) is 20.4. The summed E-state index contributed by atoms with van der Waals surface area (Å²) in [5.41, 5.74) is 0.418. The first-order valence-corrected chi connectivity index (χ1v) is 12.8. The minimum atomic E-state index is -5.08. The molecule has 2 saturated heterocycles. The van der Waals surface area contributed by atoms with Crippen LogP contribution >= 0.6 is 23.0 Å². The Balaban J connectivity index is 1.73. The predicted molar refractivity (Wildman–Crippen MR) is 91.7 cm³/mol. The molecule has 3 heterocycles. The van der Waals surface area contributed by atoms with Crippen molar-refractivity contribution in [3.63, 3.8) is 0 Å². The summed E-state index contributed by atoms with van der Waals surface area (Å²) in [7, 11) is -14.3. The van der Waals surface area contributed by atoms with Gasteiger partial charge in [0.15, 0.2) is 5.90 Å². The van der Waals surface area contributed by atoms with Gasteiger partial charge in [0.25, 0.3) is 0 Å². The van der Waals surface area contributed by atoms with Crippen molar-refractivity contribution >= 4 is 23.0 Å². The number of aromatic amines is 1. The van der Waals surface area contributed by atoms with Crippen molar-refractivity contribution in [2.75, 3.05) is 12.5 Å². The maximum Gasteiger partial charge on any atom is 0.486 e. The molecule has 0 saturated carbocycles. The second kappa shape index (κ2) is 7.54. The van der Waals surface area contributed by atoms with Gasteiger partial charge in [-0.05, 0) is 13.0 Å². The van der Waals surface area contributed by atoms with Gasteiger partial charge < -0.3 is 34.2 Å². The third-order valence-electron chi connectivity index (χ3n) is 4.07. The lowest BCUT2D eigenvalue weighted by atomic mass is 10.0. The Morgan fingerprint density at radius 2 is 1.86 bits per heavy atom. The topological polar surface area (TPSA) is 202 Å². The zero-order valence-electron chi connectivity index (χ0n) is 14.3. The molecule has 0 bridgehead atoms. The van der Waals surface area contributed by atoms with Gasteiger partial charge in [-0.3, -0.25) is 13.9 Å². The number of nitrogens with one attached hydrogen (secondary N) is 1. The van der Waals surface area contributed by atoms with Crippen LogP contribution in [0, 0.1) is 6.92 Å². The average Bonchev–Trinajstić information content (AvgIpc) is 2.78. The van der Waals surface area contributed by atoms with Crippen molar-refractivity contribution in [1.82, 2.24) is 4.98 Å². The first-order chi connectivity index (χ1) is 12.8. The van der Waals surface area contributed by atoms with Gasteiger partial charge in [-0.1, -0.05) is 0 Å². The van der Waals surface area contributed by atoms with E-state index in [9.17, 15) is 38.5 Å². The fourth-order valence-corrected chi connectivity index (χ4v) is 9.81. The lowest BCUT2D eigenvalue weighted by molar-refractivity contribution is -0.0190. The second-order valence-corrected chi connectivity index (χ2v) is 12.4. The van der Waals surface area contributed by atoms with Gasteiger partial charge in [-0.25, -0.2) is 13.2 Å². The maximum atomic E-state index is 12.4. The van der Waals surface area contributed by atoms with Gasteiger partial charge in [0.1, 0.15) is 24.4 Å². The molecule has 2 fully saturated rings. The van der Waals surface area contributed by atoms with Crippen molar-refractivity contribution in [3.05, 3.63) is 33.7 Å². The summed E-state index contributed by atoms with van der Waals surface area (Å²) in [6, 6.07) is 2.62. The quantitative estimate of drug-likeness (QED) is 0.386. The minimum absolute atomic E-state index is 0.370. The molecule has 0 aliphatic carbocycles. The number of hydrogen-bond donors (Lipinski definition) is 5. The summed E-state index contributed by atoms with van der Waals surface area (Å²) in [5.74, 6) is -1.17. The SMILES string of the molecule is Cc1[nH]c(=O)ccc1[C@@H]1O[C@H](COP2(=O)CP(=O)(O)OP(=O)(O)O2)C(O)[C@@H]1O. The van der Waals surface area contributed by atoms with Crippen LogP contribution in [-0.4, -0.2) is 55.8 Å². The van der Waals surface area contributed by atoms with Crippen LogP contribution in [0.25, 0.3) is 0 Å². The molecular weight excluding hydrogens is 443 g/mol. The first-order valence-electron chi connectivity index (χ1n) is 7.83. The number of aliphatic hydroxyl groups excluding tert-OH is 2. The summed E-state index contributed by atoms with van der Waals surface area (Å²) >= 11 is 0. The molecular formula is C12H18NO12P3. The Morgan fingerprint density at radius 1 is 1.18 bits per heavy atom. The van der Waals surface area contributed by atoms with Crippen LogP contribution in [0.2, 0.25) is 0 Å². The van der Waals surface area contributed by atoms with Crippen molar-refractivity contribution in [2.24, 2.45) is 0 Å². The molecule has 1 aromatic rings. The van der Waals surface area contributed by atoms with Gasteiger partial charge in [0.2, 0.25) is 5.56 Å². The number of aryl methyl sites for hydroxylation is 1. The monoisotopic (exact) mass is 461 g/mol. The van der Waals surface area contributed by atoms with E-state index < -0.39 is 59.9 Å². The van der Waals surface area contributed by atoms with E-state index in [-0.39, 0.29) is 5.56 Å². The van der Waals surface area contributed by atoms with Crippen LogP contribution in [0.15, 0.2) is 16.9 Å². The Labute approximate surface area is 157 Å². The van der Waals surface area contributed by atoms with Gasteiger partial charge in [-0.2, -0.15) is 0 Å². The molecule has 28 heavy (non-hydrogen) atoms. The number of phosphoric acid groups is 1. The Kier molecular flexibility index (Phi) is 5.93. The van der Waals surface area contributed by atoms with Crippen LogP contribution in [0.3, 0.4) is 0 Å². The number of pyridine rings is 1. The second-order valence-electron chi connectivity index (χ2n) is 6.30. The molecule has 5 N–H and O–H groups in total. The van der Waals surface area contributed by atoms with E-state index in [1.165, 1.54) is 12.1 Å². The normalized spacial score (nSPS) is 43.9. The lowest BCUT2D eigenvalue weighted by Gasteiger charge is -2.28. The van der Waals surface area contributed by atoms with Crippen LogP contribution in [-0.2, 0) is 31.6 Å². The molecule has 0 spiro atoms. The predicted octanol–water partition coefficient (Wildman–Crippen LogP) is 0.345. The highest BCUT2D eigenvalue weighted by Crippen LogP contribution is 2.78. The third-order valence-corrected chi connectivity index (χ3v) is 11.1. The average molecular weight is 461 g/mol. The first kappa shape index (κ1) is 22.0. The van der Waals surface area contributed by atoms with Gasteiger partial charge in [0, 0.05) is 17.3 Å². The Morgan fingerprint density at radius 3 is 2.46 bits per heavy atom. The Bertz CT molecular complexity index is 933. The molecule has 1 aromatic heterocycles. The minimum Gasteiger partial charge on any atom is -0.387 e. The number of ether oxygens (including phenoxy) is 1. The van der Waals surface area contributed by atoms with Crippen LogP contribution in [0.1, 0.15) is 17.4 Å². The van der Waals surface area contributed by atoms with Crippen molar-refractivity contribution in [3.8, 4) is 0 Å². The molecule has 2 aliphatic rings. The third kappa shape index (κ3) is 4.72. The molecule has 0 aromatic carbocycles. The van der Waals surface area contributed by atoms with E-state index in [2.05, 4.69) is 13.6 Å². The molecule has 2 aliphatic heterocycles. The lowest BCUT2D eigenvalue weighted by Crippen LogP contribution is -2.33. The molecule has 0 radical (unpaired) electrons. The number of aliphatic hydroxyl groups is 2. The molecule has 13 nitrogen and oxygen atoms in total.